The number of aromatic nitrogens is 2. The first-order valence-corrected chi connectivity index (χ1v) is 10.1. The molecule has 1 aliphatic rings. The molecule has 3 aromatic rings. The summed E-state index contributed by atoms with van der Waals surface area (Å²) in [6.45, 7) is -0.288. The summed E-state index contributed by atoms with van der Waals surface area (Å²) in [6, 6.07) is 17.9. The predicted octanol–water partition coefficient (Wildman–Crippen LogP) is 0.972. The first kappa shape index (κ1) is 22.3. The van der Waals surface area contributed by atoms with Gasteiger partial charge in [-0.05, 0) is 30.3 Å². The fourth-order valence-electron chi connectivity index (χ4n) is 3.36. The third kappa shape index (κ3) is 4.98. The van der Waals surface area contributed by atoms with E-state index in [9.17, 15) is 24.6 Å². The second kappa shape index (κ2) is 9.74. The van der Waals surface area contributed by atoms with Crippen molar-refractivity contribution in [1.82, 2.24) is 9.55 Å². The molecule has 170 valence electrons. The predicted molar refractivity (Wildman–Crippen MR) is 116 cm³/mol. The molecule has 0 radical (unpaired) electrons. The Labute approximate surface area is 188 Å². The average Bonchev–Trinajstić information content (AvgIpc) is 2.84. The number of nitrogens with one attached hydrogen (secondary N) is 1. The van der Waals surface area contributed by atoms with Crippen LogP contribution in [0, 0.1) is 0 Å². The molecule has 1 aliphatic heterocycles. The maximum atomic E-state index is 12.7. The first-order valence-electron chi connectivity index (χ1n) is 10.1. The van der Waals surface area contributed by atoms with Gasteiger partial charge in [0.25, 0.3) is 5.91 Å². The van der Waals surface area contributed by atoms with Crippen molar-refractivity contribution >= 4 is 17.7 Å². The van der Waals surface area contributed by atoms with Gasteiger partial charge in [0.15, 0.2) is 12.3 Å². The van der Waals surface area contributed by atoms with Crippen molar-refractivity contribution in [3.63, 3.8) is 0 Å². The van der Waals surface area contributed by atoms with Crippen LogP contribution in [-0.4, -0.2) is 56.6 Å². The number of hydrogen-bond donors (Lipinski definition) is 3. The Morgan fingerprint density at radius 3 is 2.27 bits per heavy atom. The van der Waals surface area contributed by atoms with Gasteiger partial charge in [-0.15, -0.1) is 0 Å². The van der Waals surface area contributed by atoms with Crippen molar-refractivity contribution in [2.75, 3.05) is 11.9 Å². The Hall–Kier alpha value is -3.86. The standard InChI is InChI=1S/C23H21N3O7/c27-16-13-32-21(19(18(16)28)33-22(30)15-9-5-2-6-10-15)26-12-11-17(25-23(26)31)24-20(29)14-7-3-1-4-8-14/h1-12,16,18-19,21,27-28H,13H2,(H,24,25,29,31)/t16-,18-,19+,21?/m0/s1. The van der Waals surface area contributed by atoms with Crippen LogP contribution >= 0.6 is 0 Å². The van der Waals surface area contributed by atoms with Crippen molar-refractivity contribution in [1.29, 1.82) is 0 Å². The number of anilines is 1. The van der Waals surface area contributed by atoms with Crippen LogP contribution < -0.4 is 11.0 Å². The molecule has 0 saturated carbocycles. The first-order chi connectivity index (χ1) is 15.9. The molecule has 0 aliphatic carbocycles. The molecule has 1 fully saturated rings. The van der Waals surface area contributed by atoms with Gasteiger partial charge in [0.2, 0.25) is 0 Å². The Bertz CT molecular complexity index is 1180. The van der Waals surface area contributed by atoms with E-state index in [0.717, 1.165) is 4.57 Å². The number of nitrogens with zero attached hydrogens (tertiary/aromatic N) is 2. The molecular formula is C23H21N3O7. The molecule has 1 aromatic heterocycles. The number of amides is 1. The second-order valence-electron chi connectivity index (χ2n) is 7.34. The van der Waals surface area contributed by atoms with E-state index in [1.807, 2.05) is 0 Å². The number of carbonyl (C=O) groups excluding carboxylic acids is 2. The highest BCUT2D eigenvalue weighted by atomic mass is 16.6. The summed E-state index contributed by atoms with van der Waals surface area (Å²) in [5.74, 6) is -1.18. The lowest BCUT2D eigenvalue weighted by Crippen LogP contribution is -2.54. The minimum Gasteiger partial charge on any atom is -0.451 e. The van der Waals surface area contributed by atoms with Crippen LogP contribution in [0.2, 0.25) is 0 Å². The quantitative estimate of drug-likeness (QED) is 0.488. The van der Waals surface area contributed by atoms with E-state index in [1.54, 1.807) is 48.5 Å². The Kier molecular flexibility index (Phi) is 6.59. The fraction of sp³-hybridized carbons (Fsp3) is 0.217. The lowest BCUT2D eigenvalue weighted by molar-refractivity contribution is -0.212. The largest absolute Gasteiger partial charge is 0.451 e. The smallest absolute Gasteiger partial charge is 0.351 e. The number of rotatable bonds is 5. The van der Waals surface area contributed by atoms with E-state index in [-0.39, 0.29) is 18.0 Å². The molecule has 0 bridgehead atoms. The van der Waals surface area contributed by atoms with Gasteiger partial charge in [0, 0.05) is 11.8 Å². The summed E-state index contributed by atoms with van der Waals surface area (Å²) >= 11 is 0. The van der Waals surface area contributed by atoms with E-state index < -0.39 is 42.1 Å². The molecule has 1 amide bonds. The zero-order valence-corrected chi connectivity index (χ0v) is 17.3. The number of hydrogen-bond acceptors (Lipinski definition) is 8. The molecule has 2 aromatic carbocycles. The molecule has 4 rings (SSSR count). The van der Waals surface area contributed by atoms with Gasteiger partial charge in [-0.1, -0.05) is 36.4 Å². The monoisotopic (exact) mass is 451 g/mol. The SMILES string of the molecule is O=C(Nc1ccn(C2OC[C@H](O)[C@H](O)[C@H]2OC(=O)c2ccccc2)c(=O)n1)c1ccccc1. The van der Waals surface area contributed by atoms with Crippen LogP contribution in [0.3, 0.4) is 0 Å². The summed E-state index contributed by atoms with van der Waals surface area (Å²) in [4.78, 5) is 41.3. The maximum Gasteiger partial charge on any atom is 0.351 e. The lowest BCUT2D eigenvalue weighted by Gasteiger charge is -2.38. The normalized spacial score (nSPS) is 22.4. The molecular weight excluding hydrogens is 430 g/mol. The van der Waals surface area contributed by atoms with E-state index in [4.69, 9.17) is 9.47 Å². The van der Waals surface area contributed by atoms with Crippen LogP contribution in [0.25, 0.3) is 0 Å². The Balaban J connectivity index is 1.56. The van der Waals surface area contributed by atoms with E-state index >= 15 is 0 Å². The minimum atomic E-state index is -1.50. The number of aliphatic hydroxyl groups excluding tert-OH is 2. The van der Waals surface area contributed by atoms with Gasteiger partial charge >= 0.3 is 11.7 Å². The number of aliphatic hydroxyl groups is 2. The summed E-state index contributed by atoms with van der Waals surface area (Å²) in [5.41, 5.74) is -0.188. The number of esters is 1. The van der Waals surface area contributed by atoms with E-state index in [2.05, 4.69) is 10.3 Å². The zero-order chi connectivity index (χ0) is 23.4. The maximum absolute atomic E-state index is 12.7. The van der Waals surface area contributed by atoms with Gasteiger partial charge in [-0.2, -0.15) is 4.98 Å². The number of ether oxygens (including phenoxy) is 2. The molecule has 10 heteroatoms. The van der Waals surface area contributed by atoms with Gasteiger partial charge in [-0.3, -0.25) is 9.36 Å². The van der Waals surface area contributed by atoms with Gasteiger partial charge in [-0.25, -0.2) is 9.59 Å². The molecule has 4 atom stereocenters. The van der Waals surface area contributed by atoms with Crippen LogP contribution in [0.1, 0.15) is 26.9 Å². The Morgan fingerprint density at radius 1 is 1.00 bits per heavy atom. The van der Waals surface area contributed by atoms with E-state index in [1.165, 1.54) is 24.4 Å². The molecule has 1 saturated heterocycles. The summed E-state index contributed by atoms with van der Waals surface area (Å²) in [5, 5.41) is 23.0. The summed E-state index contributed by atoms with van der Waals surface area (Å²) < 4.78 is 11.9. The third-order valence-electron chi connectivity index (χ3n) is 5.08. The highest BCUT2D eigenvalue weighted by Crippen LogP contribution is 2.27. The van der Waals surface area contributed by atoms with Crippen LogP contribution in [0.4, 0.5) is 5.82 Å². The summed E-state index contributed by atoms with van der Waals surface area (Å²) in [6.07, 6.45) is -4.14. The summed E-state index contributed by atoms with van der Waals surface area (Å²) in [7, 11) is 0. The molecule has 10 nitrogen and oxygen atoms in total. The molecule has 0 spiro atoms. The number of carbonyl (C=O) groups is 2. The highest BCUT2D eigenvalue weighted by molar-refractivity contribution is 6.03. The van der Waals surface area contributed by atoms with Crippen molar-refractivity contribution in [2.45, 2.75) is 24.5 Å². The van der Waals surface area contributed by atoms with Crippen molar-refractivity contribution in [3.8, 4) is 0 Å². The second-order valence-corrected chi connectivity index (χ2v) is 7.34. The van der Waals surface area contributed by atoms with Crippen molar-refractivity contribution in [3.05, 3.63) is 94.5 Å². The molecule has 1 unspecified atom stereocenters. The fourth-order valence-corrected chi connectivity index (χ4v) is 3.36. The lowest BCUT2D eigenvalue weighted by atomic mass is 10.0. The van der Waals surface area contributed by atoms with Crippen LogP contribution in [0.5, 0.6) is 0 Å². The molecule has 3 N–H and O–H groups in total. The molecule has 2 heterocycles. The van der Waals surface area contributed by atoms with Crippen LogP contribution in [-0.2, 0) is 9.47 Å². The topological polar surface area (TPSA) is 140 Å². The Morgan fingerprint density at radius 2 is 1.64 bits per heavy atom. The average molecular weight is 451 g/mol. The van der Waals surface area contributed by atoms with Gasteiger partial charge in [0.1, 0.15) is 18.0 Å². The van der Waals surface area contributed by atoms with Gasteiger partial charge < -0.3 is 25.0 Å². The van der Waals surface area contributed by atoms with Crippen molar-refractivity contribution in [2.24, 2.45) is 0 Å². The van der Waals surface area contributed by atoms with Gasteiger partial charge in [0.05, 0.1) is 12.2 Å². The van der Waals surface area contributed by atoms with Crippen LogP contribution in [0.15, 0.2) is 77.7 Å². The molecule has 33 heavy (non-hydrogen) atoms. The van der Waals surface area contributed by atoms with Crippen molar-refractivity contribution < 1.29 is 29.3 Å². The number of benzene rings is 2. The highest BCUT2D eigenvalue weighted by Gasteiger charge is 2.43. The minimum absolute atomic E-state index is 0.0133. The third-order valence-corrected chi connectivity index (χ3v) is 5.08. The zero-order valence-electron chi connectivity index (χ0n) is 17.3. The van der Waals surface area contributed by atoms with E-state index in [0.29, 0.717) is 5.56 Å².